The van der Waals surface area contributed by atoms with E-state index in [1.165, 1.54) is 11.1 Å². The molecule has 1 fully saturated rings. The van der Waals surface area contributed by atoms with Gasteiger partial charge in [-0.05, 0) is 47.0 Å². The van der Waals surface area contributed by atoms with Crippen molar-refractivity contribution in [1.82, 2.24) is 5.32 Å². The molecule has 0 radical (unpaired) electrons. The quantitative estimate of drug-likeness (QED) is 0.921. The molecule has 0 bridgehead atoms. The second-order valence-corrected chi connectivity index (χ2v) is 5.67. The molecular weight excluding hydrogens is 306 g/mol. The summed E-state index contributed by atoms with van der Waals surface area (Å²) >= 11 is 3.51. The first-order chi connectivity index (χ1) is 9.19. The summed E-state index contributed by atoms with van der Waals surface area (Å²) in [5.74, 6) is 0.858. The van der Waals surface area contributed by atoms with Crippen LogP contribution in [0.2, 0.25) is 0 Å². The van der Waals surface area contributed by atoms with Crippen LogP contribution < -0.4 is 10.1 Å². The van der Waals surface area contributed by atoms with Crippen LogP contribution in [0.15, 0.2) is 28.2 Å². The Kier molecular flexibility index (Phi) is 5.43. The highest BCUT2D eigenvalue weighted by molar-refractivity contribution is 9.10. The van der Waals surface area contributed by atoms with Crippen molar-refractivity contribution < 1.29 is 9.47 Å². The molecule has 4 heteroatoms. The van der Waals surface area contributed by atoms with Crippen LogP contribution in [0, 0.1) is 0 Å². The molecule has 0 amide bonds. The largest absolute Gasteiger partial charge is 0.496 e. The molecule has 0 aromatic heterocycles. The highest BCUT2D eigenvalue weighted by Gasteiger charge is 2.13. The van der Waals surface area contributed by atoms with E-state index < -0.39 is 0 Å². The third-order valence-electron chi connectivity index (χ3n) is 3.16. The summed E-state index contributed by atoms with van der Waals surface area (Å²) in [4.78, 5) is 0. The summed E-state index contributed by atoms with van der Waals surface area (Å²) in [5, 5.41) is 3.47. The van der Waals surface area contributed by atoms with Gasteiger partial charge in [0.25, 0.3) is 0 Å². The fraction of sp³-hybridized carbons (Fsp3) is 0.467. The lowest BCUT2D eigenvalue weighted by Gasteiger charge is -2.24. The third kappa shape index (κ3) is 4.34. The van der Waals surface area contributed by atoms with Crippen LogP contribution in [0.3, 0.4) is 0 Å². The van der Waals surface area contributed by atoms with Gasteiger partial charge in [-0.3, -0.25) is 0 Å². The molecule has 1 saturated heterocycles. The van der Waals surface area contributed by atoms with Crippen molar-refractivity contribution in [1.29, 1.82) is 0 Å². The summed E-state index contributed by atoms with van der Waals surface area (Å²) in [5.41, 5.74) is 2.53. The van der Waals surface area contributed by atoms with Crippen LogP contribution in [0.5, 0.6) is 5.75 Å². The first kappa shape index (κ1) is 14.6. The maximum atomic E-state index is 5.47. The molecule has 1 atom stereocenters. The molecule has 2 rings (SSSR count). The minimum absolute atomic E-state index is 0.437. The Morgan fingerprint density at radius 2 is 2.42 bits per heavy atom. The lowest BCUT2D eigenvalue weighted by molar-refractivity contribution is 0.0771. The lowest BCUT2D eigenvalue weighted by Crippen LogP contribution is -2.41. The van der Waals surface area contributed by atoms with Gasteiger partial charge in [-0.15, -0.1) is 0 Å². The molecule has 1 aromatic carbocycles. The van der Waals surface area contributed by atoms with E-state index in [2.05, 4.69) is 46.4 Å². The minimum Gasteiger partial charge on any atom is -0.496 e. The van der Waals surface area contributed by atoms with E-state index in [1.54, 1.807) is 7.11 Å². The van der Waals surface area contributed by atoms with Gasteiger partial charge in [0.15, 0.2) is 0 Å². The van der Waals surface area contributed by atoms with Crippen molar-refractivity contribution in [2.75, 3.05) is 26.9 Å². The second-order valence-electron chi connectivity index (χ2n) is 4.81. The predicted molar refractivity (Wildman–Crippen MR) is 81.6 cm³/mol. The average molecular weight is 326 g/mol. The first-order valence-electron chi connectivity index (χ1n) is 6.51. The zero-order valence-electron chi connectivity index (χ0n) is 11.4. The van der Waals surface area contributed by atoms with Crippen LogP contribution in [-0.2, 0) is 4.74 Å². The molecular formula is C15H20BrNO2. The Hall–Kier alpha value is -0.840. The Labute approximate surface area is 123 Å². The highest BCUT2D eigenvalue weighted by Crippen LogP contribution is 2.26. The summed E-state index contributed by atoms with van der Waals surface area (Å²) in [6, 6.07) is 6.56. The molecule has 1 aromatic rings. The van der Waals surface area contributed by atoms with Gasteiger partial charge in [0.05, 0.1) is 24.8 Å². The zero-order chi connectivity index (χ0) is 13.7. The number of hydrogen-bond acceptors (Lipinski definition) is 3. The third-order valence-corrected chi connectivity index (χ3v) is 3.78. The summed E-state index contributed by atoms with van der Waals surface area (Å²) < 4.78 is 11.7. The number of nitrogens with one attached hydrogen (secondary N) is 1. The Balaban J connectivity index is 2.01. The molecule has 1 N–H and O–H groups in total. The minimum atomic E-state index is 0.437. The van der Waals surface area contributed by atoms with Gasteiger partial charge < -0.3 is 14.8 Å². The van der Waals surface area contributed by atoms with E-state index in [4.69, 9.17) is 9.47 Å². The standard InChI is InChI=1S/C15H20BrNO2/c1-11(8-13-10-19-6-5-17-13)7-12-3-4-15(18-2)14(16)9-12/h3-4,7,9,13,17H,5-6,8,10H2,1-2H3/b11-7-. The molecule has 0 saturated carbocycles. The average Bonchev–Trinajstić information content (AvgIpc) is 2.40. The molecule has 0 aliphatic carbocycles. The van der Waals surface area contributed by atoms with Gasteiger partial charge >= 0.3 is 0 Å². The van der Waals surface area contributed by atoms with Crippen molar-refractivity contribution >= 4 is 22.0 Å². The van der Waals surface area contributed by atoms with Gasteiger partial charge in [-0.2, -0.15) is 0 Å². The van der Waals surface area contributed by atoms with Gasteiger partial charge in [-0.1, -0.05) is 17.7 Å². The highest BCUT2D eigenvalue weighted by atomic mass is 79.9. The van der Waals surface area contributed by atoms with Gasteiger partial charge in [0.1, 0.15) is 5.75 Å². The number of methoxy groups -OCH3 is 1. The maximum Gasteiger partial charge on any atom is 0.133 e. The van der Waals surface area contributed by atoms with E-state index in [1.807, 2.05) is 6.07 Å². The first-order valence-corrected chi connectivity index (χ1v) is 7.30. The number of morpholine rings is 1. The zero-order valence-corrected chi connectivity index (χ0v) is 13.0. The van der Waals surface area contributed by atoms with E-state index in [0.717, 1.165) is 36.4 Å². The molecule has 19 heavy (non-hydrogen) atoms. The van der Waals surface area contributed by atoms with E-state index in [9.17, 15) is 0 Å². The van der Waals surface area contributed by atoms with Crippen LogP contribution in [0.25, 0.3) is 6.08 Å². The smallest absolute Gasteiger partial charge is 0.133 e. The van der Waals surface area contributed by atoms with E-state index in [0.29, 0.717) is 6.04 Å². The van der Waals surface area contributed by atoms with Crippen LogP contribution in [0.1, 0.15) is 18.9 Å². The number of halogens is 1. The number of ether oxygens (including phenoxy) is 2. The molecule has 3 nitrogen and oxygen atoms in total. The Morgan fingerprint density at radius 1 is 1.58 bits per heavy atom. The molecule has 1 aliphatic heterocycles. The van der Waals surface area contributed by atoms with Crippen molar-refractivity contribution in [3.63, 3.8) is 0 Å². The molecule has 104 valence electrons. The topological polar surface area (TPSA) is 30.5 Å². The van der Waals surface area contributed by atoms with Crippen LogP contribution in [0.4, 0.5) is 0 Å². The summed E-state index contributed by atoms with van der Waals surface area (Å²) in [7, 11) is 1.68. The van der Waals surface area contributed by atoms with Crippen molar-refractivity contribution in [2.45, 2.75) is 19.4 Å². The van der Waals surface area contributed by atoms with E-state index in [-0.39, 0.29) is 0 Å². The fourth-order valence-electron chi connectivity index (χ4n) is 2.26. The predicted octanol–water partition coefficient (Wildman–Crippen LogP) is 3.24. The number of benzene rings is 1. The Morgan fingerprint density at radius 3 is 3.05 bits per heavy atom. The normalized spacial score (nSPS) is 20.4. The van der Waals surface area contributed by atoms with Crippen molar-refractivity contribution in [3.8, 4) is 5.75 Å². The number of rotatable bonds is 4. The summed E-state index contributed by atoms with van der Waals surface area (Å²) in [6.07, 6.45) is 3.23. The lowest BCUT2D eigenvalue weighted by atomic mass is 10.0. The second kappa shape index (κ2) is 7.08. The van der Waals surface area contributed by atoms with Crippen molar-refractivity contribution in [3.05, 3.63) is 33.8 Å². The molecule has 1 heterocycles. The summed E-state index contributed by atoms with van der Waals surface area (Å²) in [6.45, 7) is 4.74. The van der Waals surface area contributed by atoms with Gasteiger partial charge in [-0.25, -0.2) is 0 Å². The molecule has 1 unspecified atom stereocenters. The van der Waals surface area contributed by atoms with Gasteiger partial charge in [0.2, 0.25) is 0 Å². The fourth-order valence-corrected chi connectivity index (χ4v) is 2.81. The Bertz CT molecular complexity index is 453. The van der Waals surface area contributed by atoms with Crippen molar-refractivity contribution in [2.24, 2.45) is 0 Å². The van der Waals surface area contributed by atoms with Crippen LogP contribution >= 0.6 is 15.9 Å². The SMILES string of the molecule is COc1ccc(/C=C(/C)CC2COCCN2)cc1Br. The van der Waals surface area contributed by atoms with E-state index >= 15 is 0 Å². The molecule has 0 spiro atoms. The monoisotopic (exact) mass is 325 g/mol. The number of hydrogen-bond donors (Lipinski definition) is 1. The van der Waals surface area contributed by atoms with Crippen LogP contribution in [-0.4, -0.2) is 32.9 Å². The van der Waals surface area contributed by atoms with Gasteiger partial charge in [0, 0.05) is 12.6 Å². The molecule has 1 aliphatic rings. The maximum absolute atomic E-state index is 5.47.